The maximum Gasteiger partial charge on any atom is 0.238 e. The normalized spacial score (nSPS) is 13.5. The summed E-state index contributed by atoms with van der Waals surface area (Å²) < 4.78 is 51.3. The number of nitrogens with two attached hydrogens (primary N) is 2. The average Bonchev–Trinajstić information content (AvgIpc) is 3.83. The van der Waals surface area contributed by atoms with Gasteiger partial charge in [0.1, 0.15) is 11.6 Å². The van der Waals surface area contributed by atoms with E-state index >= 15 is 0 Å². The van der Waals surface area contributed by atoms with E-state index in [4.69, 9.17) is 20.8 Å². The maximum absolute atomic E-state index is 11.9. The van der Waals surface area contributed by atoms with E-state index in [2.05, 4.69) is 52.9 Å². The minimum absolute atomic E-state index is 0. The number of sulfone groups is 1. The minimum atomic E-state index is -3.83. The first-order valence-corrected chi connectivity index (χ1v) is 26.3. The number of sulfonamides is 1. The summed E-state index contributed by atoms with van der Waals surface area (Å²) in [6.45, 7) is 3.38. The van der Waals surface area contributed by atoms with E-state index in [9.17, 15) is 16.8 Å². The molecular weight excluding hydrogens is 962 g/mol. The Morgan fingerprint density at radius 3 is 1.96 bits per heavy atom. The Morgan fingerprint density at radius 1 is 0.732 bits per heavy atom. The third-order valence-electron chi connectivity index (χ3n) is 13.0. The van der Waals surface area contributed by atoms with Crippen LogP contribution in [-0.2, 0) is 34.0 Å². The molecule has 0 aliphatic heterocycles. The van der Waals surface area contributed by atoms with Crippen LogP contribution in [0.25, 0.3) is 22.1 Å². The van der Waals surface area contributed by atoms with E-state index in [1.807, 2.05) is 97.8 Å². The highest BCUT2D eigenvalue weighted by Gasteiger charge is 2.26. The van der Waals surface area contributed by atoms with Crippen LogP contribution in [0.1, 0.15) is 66.9 Å². The molecule has 4 aromatic carbocycles. The summed E-state index contributed by atoms with van der Waals surface area (Å²) in [6, 6.07) is 26.1. The summed E-state index contributed by atoms with van der Waals surface area (Å²) in [7, 11) is 2.68. The monoisotopic (exact) mass is 1020 g/mol. The zero-order valence-electron chi connectivity index (χ0n) is 40.9. The van der Waals surface area contributed by atoms with E-state index in [0.717, 1.165) is 69.3 Å². The number of primary sulfonamides is 1. The number of nitrogens with one attached hydrogen (secondary N) is 3. The zero-order chi connectivity index (χ0) is 50.1. The SMILES string of the molecule is CC(c1ccc(Nc2nccc(N(C)c3ccc4c(nc(N)n4C)c3C3CCCCC3)n2)cc1)S(C)(=O)=O.CNc1nc2cc(N(C)c3ccnc(Nc4ccc(C)c(S(N)(=O)=O)c4)n3)ccc2n1C.Cl. The molecule has 0 radical (unpaired) electrons. The predicted octanol–water partition coefficient (Wildman–Crippen LogP) is 8.90. The van der Waals surface area contributed by atoms with E-state index < -0.39 is 25.1 Å². The number of rotatable bonds is 13. The van der Waals surface area contributed by atoms with Gasteiger partial charge in [-0.3, -0.25) is 0 Å². The van der Waals surface area contributed by atoms with Gasteiger partial charge in [-0.2, -0.15) is 9.97 Å². The first-order chi connectivity index (χ1) is 33.3. The summed E-state index contributed by atoms with van der Waals surface area (Å²) >= 11 is 0. The molecule has 4 aromatic heterocycles. The molecule has 0 saturated heterocycles. The highest BCUT2D eigenvalue weighted by Crippen LogP contribution is 2.43. The summed E-state index contributed by atoms with van der Waals surface area (Å²) in [6.07, 6.45) is 10.6. The predicted molar refractivity (Wildman–Crippen MR) is 287 cm³/mol. The Morgan fingerprint density at radius 2 is 1.34 bits per heavy atom. The second kappa shape index (κ2) is 21.1. The molecule has 1 fully saturated rings. The molecule has 22 heteroatoms. The lowest BCUT2D eigenvalue weighted by atomic mass is 9.82. The van der Waals surface area contributed by atoms with Crippen LogP contribution in [-0.4, -0.2) is 83.3 Å². The standard InChI is InChI=1S/C28H35N7O2S.C21H24N8O2S.ClH/c1-18(38(4,36)37)19-10-12-21(13-11-19)31-28-30-17-16-24(32-28)34(2)22-14-15-23-26(33-27(29)35(23)3)25(22)20-8-6-5-7-9-20;1-13-5-6-14(11-18(13)32(22,30)31)25-20-24-10-9-19(27-20)28(3)15-7-8-17-16(12-15)26-21(23-2)29(17)4;/h10-18,20H,5-9H2,1-4H3,(H2,29,33)(H,30,31,32);5-12H,1-4H3,(H,23,26)(H2,22,30,31)(H,24,25,27);1H. The lowest BCUT2D eigenvalue weighted by Gasteiger charge is -2.28. The molecule has 1 aliphatic rings. The van der Waals surface area contributed by atoms with Crippen LogP contribution in [0.3, 0.4) is 0 Å². The van der Waals surface area contributed by atoms with Crippen molar-refractivity contribution in [3.63, 3.8) is 0 Å². The lowest BCUT2D eigenvalue weighted by Crippen LogP contribution is -2.17. The topological polar surface area (TPSA) is 250 Å². The Bertz CT molecular complexity index is 3430. The number of fused-ring (bicyclic) bond motifs is 2. The van der Waals surface area contributed by atoms with Gasteiger partial charge < -0.3 is 40.6 Å². The Labute approximate surface area is 420 Å². The third-order valence-corrected chi connectivity index (χ3v) is 15.6. The van der Waals surface area contributed by atoms with Crippen molar-refractivity contribution in [2.45, 2.75) is 62.0 Å². The zero-order valence-corrected chi connectivity index (χ0v) is 43.4. The number of hydrogen-bond donors (Lipinski definition) is 5. The summed E-state index contributed by atoms with van der Waals surface area (Å²) in [4.78, 5) is 31.4. The van der Waals surface area contributed by atoms with Gasteiger partial charge in [0.05, 0.1) is 32.2 Å². The first kappa shape index (κ1) is 51.8. The van der Waals surface area contributed by atoms with Crippen molar-refractivity contribution in [3.8, 4) is 0 Å². The fourth-order valence-corrected chi connectivity index (χ4v) is 10.2. The van der Waals surface area contributed by atoms with Gasteiger partial charge in [0, 0.05) is 82.2 Å². The van der Waals surface area contributed by atoms with Crippen molar-refractivity contribution in [3.05, 3.63) is 114 Å². The number of hydrogen-bond acceptors (Lipinski definition) is 16. The number of imidazole rings is 2. The smallest absolute Gasteiger partial charge is 0.238 e. The van der Waals surface area contributed by atoms with Crippen molar-refractivity contribution in [2.24, 2.45) is 19.2 Å². The van der Waals surface area contributed by atoms with Crippen molar-refractivity contribution in [2.75, 3.05) is 58.9 Å². The van der Waals surface area contributed by atoms with Gasteiger partial charge >= 0.3 is 0 Å². The molecule has 8 aromatic rings. The van der Waals surface area contributed by atoms with Gasteiger partial charge in [0.2, 0.25) is 33.8 Å². The number of aryl methyl sites for hydroxylation is 3. The fraction of sp³-hybridized carbons (Fsp3) is 0.306. The molecule has 374 valence electrons. The number of anilines is 10. The third kappa shape index (κ3) is 11.3. The fourth-order valence-electron chi connectivity index (χ4n) is 8.77. The molecule has 1 atom stereocenters. The second-order valence-corrected chi connectivity index (χ2v) is 21.5. The molecule has 1 unspecified atom stereocenters. The number of halogens is 1. The Hall–Kier alpha value is -7.07. The van der Waals surface area contributed by atoms with Crippen molar-refractivity contribution in [1.29, 1.82) is 0 Å². The van der Waals surface area contributed by atoms with Crippen LogP contribution >= 0.6 is 12.4 Å². The largest absolute Gasteiger partial charge is 0.369 e. The highest BCUT2D eigenvalue weighted by molar-refractivity contribution is 7.90. The molecule has 7 N–H and O–H groups in total. The number of nitrogens with zero attached hydrogens (tertiary/aromatic N) is 10. The van der Waals surface area contributed by atoms with Crippen molar-refractivity contribution < 1.29 is 16.8 Å². The molecule has 0 bridgehead atoms. The van der Waals surface area contributed by atoms with Gasteiger partial charge in [0.15, 0.2) is 9.84 Å². The van der Waals surface area contributed by atoms with Crippen LogP contribution < -0.4 is 36.6 Å². The van der Waals surface area contributed by atoms with E-state index in [-0.39, 0.29) is 17.3 Å². The highest BCUT2D eigenvalue weighted by atomic mass is 35.5. The van der Waals surface area contributed by atoms with Crippen LogP contribution in [0.15, 0.2) is 102 Å². The van der Waals surface area contributed by atoms with Gasteiger partial charge in [-0.25, -0.2) is 41.9 Å². The van der Waals surface area contributed by atoms with Crippen LogP contribution in [0, 0.1) is 6.92 Å². The molecule has 0 spiro atoms. The van der Waals surface area contributed by atoms with E-state index in [0.29, 0.717) is 40.8 Å². The van der Waals surface area contributed by atoms with Gasteiger partial charge in [-0.05, 0) is 110 Å². The molecule has 1 aliphatic carbocycles. The summed E-state index contributed by atoms with van der Waals surface area (Å²) in [5, 5.41) is 14.1. The molecule has 4 heterocycles. The number of benzene rings is 4. The quantitative estimate of drug-likeness (QED) is 0.0723. The lowest BCUT2D eigenvalue weighted by molar-refractivity contribution is 0.445. The molecule has 1 saturated carbocycles. The number of aromatic nitrogens is 8. The van der Waals surface area contributed by atoms with E-state index in [1.54, 1.807) is 44.4 Å². The summed E-state index contributed by atoms with van der Waals surface area (Å²) in [5.74, 6) is 3.92. The summed E-state index contributed by atoms with van der Waals surface area (Å²) in [5.41, 5.74) is 15.9. The molecular formula is C49H60ClN15O4S2. The molecule has 19 nitrogen and oxygen atoms in total. The maximum atomic E-state index is 11.9. The second-order valence-electron chi connectivity index (χ2n) is 17.6. The molecule has 71 heavy (non-hydrogen) atoms. The van der Waals surface area contributed by atoms with Crippen LogP contribution in [0.4, 0.5) is 58.2 Å². The molecule has 9 rings (SSSR count). The van der Waals surface area contributed by atoms with Gasteiger partial charge in [-0.15, -0.1) is 12.4 Å². The number of nitrogen functional groups attached to an aromatic ring is 1. The Balaban J connectivity index is 0.000000209. The van der Waals surface area contributed by atoms with Crippen LogP contribution in [0.5, 0.6) is 0 Å². The Kier molecular flexibility index (Phi) is 15.4. The minimum Gasteiger partial charge on any atom is -0.369 e. The van der Waals surface area contributed by atoms with Crippen molar-refractivity contribution in [1.82, 2.24) is 39.0 Å². The van der Waals surface area contributed by atoms with Gasteiger partial charge in [0.25, 0.3) is 0 Å². The van der Waals surface area contributed by atoms with Crippen molar-refractivity contribution >= 4 is 113 Å². The van der Waals surface area contributed by atoms with Gasteiger partial charge in [-0.1, -0.05) is 37.5 Å². The average molecular weight is 1020 g/mol. The first-order valence-electron chi connectivity index (χ1n) is 22.8. The van der Waals surface area contributed by atoms with E-state index in [1.165, 1.54) is 37.1 Å². The van der Waals surface area contributed by atoms with Crippen LogP contribution in [0.2, 0.25) is 0 Å². The molecule has 0 amide bonds.